The molecular formula is C15H14N2S. The first-order valence-corrected chi connectivity index (χ1v) is 6.86. The summed E-state index contributed by atoms with van der Waals surface area (Å²) in [5, 5.41) is 8.08. The van der Waals surface area contributed by atoms with Crippen molar-refractivity contribution in [3.05, 3.63) is 64.6 Å². The van der Waals surface area contributed by atoms with Gasteiger partial charge in [-0.05, 0) is 28.5 Å². The van der Waals surface area contributed by atoms with Crippen LogP contribution in [0.5, 0.6) is 0 Å². The highest BCUT2D eigenvalue weighted by Crippen LogP contribution is 2.17. The average molecular weight is 254 g/mol. The summed E-state index contributed by atoms with van der Waals surface area (Å²) in [5.74, 6) is 0. The Morgan fingerprint density at radius 2 is 2.06 bits per heavy atom. The normalized spacial score (nSPS) is 10.9. The minimum atomic E-state index is 0.888. The summed E-state index contributed by atoms with van der Waals surface area (Å²) in [5.41, 5.74) is 1.33. The van der Waals surface area contributed by atoms with Gasteiger partial charge in [-0.3, -0.25) is 4.98 Å². The van der Waals surface area contributed by atoms with Crippen LogP contribution in [-0.4, -0.2) is 4.98 Å². The summed E-state index contributed by atoms with van der Waals surface area (Å²) in [6.45, 7) is 1.82. The van der Waals surface area contributed by atoms with E-state index in [9.17, 15) is 0 Å². The van der Waals surface area contributed by atoms with Gasteiger partial charge in [0, 0.05) is 35.7 Å². The first-order chi connectivity index (χ1) is 8.93. The molecule has 3 heteroatoms. The number of nitrogens with one attached hydrogen (secondary N) is 1. The molecule has 0 saturated carbocycles. The Labute approximate surface area is 110 Å². The smallest absolute Gasteiger partial charge is 0.0346 e. The van der Waals surface area contributed by atoms with Crippen molar-refractivity contribution in [2.24, 2.45) is 0 Å². The molecule has 0 spiro atoms. The van der Waals surface area contributed by atoms with Crippen molar-refractivity contribution in [1.29, 1.82) is 0 Å². The maximum Gasteiger partial charge on any atom is 0.0346 e. The van der Waals surface area contributed by atoms with Crippen molar-refractivity contribution in [1.82, 2.24) is 10.3 Å². The second-order valence-corrected chi connectivity index (χ2v) is 5.23. The van der Waals surface area contributed by atoms with Crippen LogP contribution in [0.15, 0.2) is 54.2 Å². The van der Waals surface area contributed by atoms with E-state index in [1.165, 1.54) is 21.2 Å². The molecule has 2 heterocycles. The topological polar surface area (TPSA) is 24.9 Å². The van der Waals surface area contributed by atoms with E-state index in [-0.39, 0.29) is 0 Å². The predicted octanol–water partition coefficient (Wildman–Crippen LogP) is 3.59. The standard InChI is InChI=1S/C15H14N2S/c1-3-12-9-16-7-6-15(12)13(4-1)10-17-11-14-5-2-8-18-14/h1-9,17H,10-11H2. The van der Waals surface area contributed by atoms with Crippen molar-refractivity contribution in [2.75, 3.05) is 0 Å². The van der Waals surface area contributed by atoms with E-state index in [1.807, 2.05) is 12.4 Å². The van der Waals surface area contributed by atoms with Crippen LogP contribution in [0.25, 0.3) is 10.8 Å². The Balaban J connectivity index is 1.74. The zero-order valence-electron chi connectivity index (χ0n) is 9.97. The second kappa shape index (κ2) is 5.29. The largest absolute Gasteiger partial charge is 0.308 e. The van der Waals surface area contributed by atoms with Gasteiger partial charge < -0.3 is 5.32 Å². The van der Waals surface area contributed by atoms with Crippen LogP contribution in [0.2, 0.25) is 0 Å². The monoisotopic (exact) mass is 254 g/mol. The van der Waals surface area contributed by atoms with Crippen molar-refractivity contribution < 1.29 is 0 Å². The molecule has 0 aliphatic rings. The maximum atomic E-state index is 4.16. The van der Waals surface area contributed by atoms with Crippen LogP contribution in [0.3, 0.4) is 0 Å². The Kier molecular flexibility index (Phi) is 3.35. The number of thiophene rings is 1. The van der Waals surface area contributed by atoms with Gasteiger partial charge >= 0.3 is 0 Å². The molecule has 0 aliphatic heterocycles. The number of hydrogen-bond donors (Lipinski definition) is 1. The number of nitrogens with zero attached hydrogens (tertiary/aromatic N) is 1. The van der Waals surface area contributed by atoms with Crippen molar-refractivity contribution in [2.45, 2.75) is 13.1 Å². The Morgan fingerprint density at radius 3 is 2.94 bits per heavy atom. The van der Waals surface area contributed by atoms with Gasteiger partial charge in [-0.1, -0.05) is 24.3 Å². The molecule has 3 aromatic rings. The first-order valence-electron chi connectivity index (χ1n) is 5.98. The van der Waals surface area contributed by atoms with Gasteiger partial charge in [-0.25, -0.2) is 0 Å². The van der Waals surface area contributed by atoms with Crippen LogP contribution in [0.4, 0.5) is 0 Å². The SMILES string of the molecule is c1csc(CNCc2cccc3cnccc23)c1. The molecule has 2 aromatic heterocycles. The minimum absolute atomic E-state index is 0.888. The molecule has 0 fully saturated rings. The lowest BCUT2D eigenvalue weighted by atomic mass is 10.1. The van der Waals surface area contributed by atoms with E-state index in [2.05, 4.69) is 52.1 Å². The van der Waals surface area contributed by atoms with E-state index >= 15 is 0 Å². The van der Waals surface area contributed by atoms with Crippen LogP contribution in [0.1, 0.15) is 10.4 Å². The number of aromatic nitrogens is 1. The number of pyridine rings is 1. The molecule has 18 heavy (non-hydrogen) atoms. The molecule has 0 saturated heterocycles. The molecule has 0 radical (unpaired) electrons. The van der Waals surface area contributed by atoms with E-state index in [0.717, 1.165) is 13.1 Å². The zero-order chi connectivity index (χ0) is 12.2. The summed E-state index contributed by atoms with van der Waals surface area (Å²) in [6, 6.07) is 12.7. The molecule has 0 amide bonds. The van der Waals surface area contributed by atoms with Crippen molar-refractivity contribution >= 4 is 22.1 Å². The number of rotatable bonds is 4. The molecule has 0 atom stereocenters. The summed E-state index contributed by atoms with van der Waals surface area (Å²) >= 11 is 1.79. The maximum absolute atomic E-state index is 4.16. The van der Waals surface area contributed by atoms with Crippen LogP contribution < -0.4 is 5.32 Å². The fourth-order valence-corrected chi connectivity index (χ4v) is 2.75. The zero-order valence-corrected chi connectivity index (χ0v) is 10.8. The van der Waals surface area contributed by atoms with E-state index in [0.29, 0.717) is 0 Å². The third-order valence-electron chi connectivity index (χ3n) is 2.97. The highest BCUT2D eigenvalue weighted by Gasteiger charge is 2.00. The highest BCUT2D eigenvalue weighted by molar-refractivity contribution is 7.09. The molecular weight excluding hydrogens is 240 g/mol. The summed E-state index contributed by atoms with van der Waals surface area (Å²) in [6.07, 6.45) is 3.77. The molecule has 90 valence electrons. The molecule has 0 aliphatic carbocycles. The Hall–Kier alpha value is -1.71. The van der Waals surface area contributed by atoms with Crippen LogP contribution in [0, 0.1) is 0 Å². The molecule has 1 N–H and O–H groups in total. The third-order valence-corrected chi connectivity index (χ3v) is 3.84. The van der Waals surface area contributed by atoms with Crippen LogP contribution in [-0.2, 0) is 13.1 Å². The Morgan fingerprint density at radius 1 is 1.06 bits per heavy atom. The highest BCUT2D eigenvalue weighted by atomic mass is 32.1. The molecule has 0 bridgehead atoms. The minimum Gasteiger partial charge on any atom is -0.308 e. The van der Waals surface area contributed by atoms with Gasteiger partial charge in [0.25, 0.3) is 0 Å². The fourth-order valence-electron chi connectivity index (χ4n) is 2.08. The molecule has 1 aromatic carbocycles. The molecule has 0 unspecified atom stereocenters. The Bertz CT molecular complexity index is 627. The predicted molar refractivity (Wildman–Crippen MR) is 76.6 cm³/mol. The fraction of sp³-hybridized carbons (Fsp3) is 0.133. The summed E-state index contributed by atoms with van der Waals surface area (Å²) in [7, 11) is 0. The van der Waals surface area contributed by atoms with Gasteiger partial charge in [0.1, 0.15) is 0 Å². The van der Waals surface area contributed by atoms with Crippen molar-refractivity contribution in [3.63, 3.8) is 0 Å². The van der Waals surface area contributed by atoms with Gasteiger partial charge in [0.15, 0.2) is 0 Å². The molecule has 2 nitrogen and oxygen atoms in total. The number of hydrogen-bond acceptors (Lipinski definition) is 3. The third kappa shape index (κ3) is 2.42. The first kappa shape index (κ1) is 11.4. The lowest BCUT2D eigenvalue weighted by Gasteiger charge is -2.07. The van der Waals surface area contributed by atoms with Gasteiger partial charge in [0.2, 0.25) is 0 Å². The summed E-state index contributed by atoms with van der Waals surface area (Å²) < 4.78 is 0. The summed E-state index contributed by atoms with van der Waals surface area (Å²) in [4.78, 5) is 5.53. The number of fused-ring (bicyclic) bond motifs is 1. The molecule has 3 rings (SSSR count). The van der Waals surface area contributed by atoms with Crippen molar-refractivity contribution in [3.8, 4) is 0 Å². The van der Waals surface area contributed by atoms with E-state index < -0.39 is 0 Å². The van der Waals surface area contributed by atoms with Gasteiger partial charge in [0.05, 0.1) is 0 Å². The van der Waals surface area contributed by atoms with E-state index in [1.54, 1.807) is 11.3 Å². The van der Waals surface area contributed by atoms with Crippen LogP contribution >= 0.6 is 11.3 Å². The quantitative estimate of drug-likeness (QED) is 0.769. The lowest BCUT2D eigenvalue weighted by molar-refractivity contribution is 0.704. The van der Waals surface area contributed by atoms with Gasteiger partial charge in [-0.15, -0.1) is 11.3 Å². The number of benzene rings is 1. The van der Waals surface area contributed by atoms with E-state index in [4.69, 9.17) is 0 Å². The average Bonchev–Trinajstić information content (AvgIpc) is 2.92. The van der Waals surface area contributed by atoms with Gasteiger partial charge in [-0.2, -0.15) is 0 Å². The second-order valence-electron chi connectivity index (χ2n) is 4.20. The lowest BCUT2D eigenvalue weighted by Crippen LogP contribution is -2.11.